The third-order valence-corrected chi connectivity index (χ3v) is 1.85. The van der Waals surface area contributed by atoms with Crippen molar-refractivity contribution in [1.82, 2.24) is 10.2 Å². The highest BCUT2D eigenvalue weighted by Gasteiger charge is 1.87. The largest absolute Gasteiger partial charge is 0.341 e. The SMILES string of the molecule is N#Cc1cc[nH]n1.S=C(S)Nc1ccccc1. The molecule has 0 saturated carbocycles. The molecule has 1 aromatic heterocycles. The second-order valence-corrected chi connectivity index (χ2v) is 4.03. The van der Waals surface area contributed by atoms with Gasteiger partial charge in [0.2, 0.25) is 0 Å². The molecule has 86 valence electrons. The molecular weight excluding hydrogens is 252 g/mol. The first kappa shape index (κ1) is 13.2. The van der Waals surface area contributed by atoms with Crippen molar-refractivity contribution in [2.24, 2.45) is 0 Å². The standard InChI is InChI=1S/C7H7NS2.C4H3N3/c9-7(10)8-6-4-2-1-3-5-6;5-3-4-1-2-6-7-4/h1-5H,(H2,8,9,10);1-2H,(H,6,7). The highest BCUT2D eigenvalue weighted by Crippen LogP contribution is 2.05. The van der Waals surface area contributed by atoms with Gasteiger partial charge in [-0.1, -0.05) is 30.4 Å². The van der Waals surface area contributed by atoms with Gasteiger partial charge in [-0.2, -0.15) is 10.4 Å². The fraction of sp³-hybridized carbons (Fsp3) is 0. The number of nitrogens with zero attached hydrogens (tertiary/aromatic N) is 2. The molecule has 0 fully saturated rings. The molecule has 0 radical (unpaired) electrons. The lowest BCUT2D eigenvalue weighted by atomic mass is 10.3. The number of para-hydroxylation sites is 1. The molecule has 6 heteroatoms. The second kappa shape index (κ2) is 7.44. The van der Waals surface area contributed by atoms with Gasteiger partial charge in [-0.25, -0.2) is 0 Å². The van der Waals surface area contributed by atoms with Crippen LogP contribution in [0.25, 0.3) is 0 Å². The Morgan fingerprint density at radius 3 is 2.47 bits per heavy atom. The van der Waals surface area contributed by atoms with Crippen LogP contribution in [-0.4, -0.2) is 14.5 Å². The van der Waals surface area contributed by atoms with Gasteiger partial charge in [-0.15, -0.1) is 12.6 Å². The molecule has 1 aromatic carbocycles. The molecule has 0 aliphatic heterocycles. The van der Waals surface area contributed by atoms with E-state index in [1.165, 1.54) is 0 Å². The smallest absolute Gasteiger partial charge is 0.162 e. The topological polar surface area (TPSA) is 64.5 Å². The van der Waals surface area contributed by atoms with Crippen molar-refractivity contribution in [3.63, 3.8) is 0 Å². The number of benzene rings is 1. The van der Waals surface area contributed by atoms with Crippen LogP contribution < -0.4 is 5.32 Å². The second-order valence-electron chi connectivity index (χ2n) is 2.87. The van der Waals surface area contributed by atoms with Gasteiger partial charge >= 0.3 is 0 Å². The predicted octanol–water partition coefficient (Wildman–Crippen LogP) is 2.59. The third-order valence-electron chi connectivity index (χ3n) is 1.64. The van der Waals surface area contributed by atoms with Crippen molar-refractivity contribution in [3.05, 3.63) is 48.3 Å². The molecule has 4 nitrogen and oxygen atoms in total. The Balaban J connectivity index is 0.000000181. The number of aromatic nitrogens is 2. The minimum atomic E-state index is 0.431. The Labute approximate surface area is 110 Å². The van der Waals surface area contributed by atoms with Crippen molar-refractivity contribution in [3.8, 4) is 6.07 Å². The van der Waals surface area contributed by atoms with E-state index in [2.05, 4.69) is 28.1 Å². The van der Waals surface area contributed by atoms with Crippen LogP contribution >= 0.6 is 24.8 Å². The quantitative estimate of drug-likeness (QED) is 0.546. The van der Waals surface area contributed by atoms with E-state index >= 15 is 0 Å². The first-order valence-electron chi connectivity index (χ1n) is 4.67. The van der Waals surface area contributed by atoms with E-state index in [-0.39, 0.29) is 0 Å². The Kier molecular flexibility index (Phi) is 5.79. The number of thiol groups is 1. The number of thiocarbonyl (C=S) groups is 1. The van der Waals surface area contributed by atoms with Gasteiger partial charge in [0.15, 0.2) is 5.69 Å². The van der Waals surface area contributed by atoms with Gasteiger partial charge in [0, 0.05) is 11.9 Å². The van der Waals surface area contributed by atoms with Gasteiger partial charge in [0.05, 0.1) is 0 Å². The summed E-state index contributed by atoms with van der Waals surface area (Å²) < 4.78 is 0.492. The number of rotatable bonds is 1. The predicted molar refractivity (Wildman–Crippen MR) is 75.0 cm³/mol. The molecule has 0 unspecified atom stereocenters. The number of H-pyrrole nitrogens is 1. The van der Waals surface area contributed by atoms with Crippen molar-refractivity contribution in [2.75, 3.05) is 5.32 Å². The first-order chi connectivity index (χ1) is 8.22. The Morgan fingerprint density at radius 1 is 1.35 bits per heavy atom. The van der Waals surface area contributed by atoms with Gasteiger partial charge < -0.3 is 5.32 Å². The summed E-state index contributed by atoms with van der Waals surface area (Å²) in [7, 11) is 0. The van der Waals surface area contributed by atoms with Gasteiger partial charge in [0.1, 0.15) is 10.4 Å². The van der Waals surface area contributed by atoms with E-state index in [1.54, 1.807) is 12.3 Å². The number of aromatic amines is 1. The minimum absolute atomic E-state index is 0.431. The van der Waals surface area contributed by atoms with Crippen LogP contribution in [0.4, 0.5) is 5.69 Å². The van der Waals surface area contributed by atoms with Crippen LogP contribution in [0.15, 0.2) is 42.6 Å². The molecule has 0 aliphatic rings. The van der Waals surface area contributed by atoms with E-state index in [4.69, 9.17) is 17.5 Å². The summed E-state index contributed by atoms with van der Waals surface area (Å²) in [5.41, 5.74) is 1.41. The van der Waals surface area contributed by atoms with Crippen molar-refractivity contribution in [2.45, 2.75) is 0 Å². The zero-order valence-electron chi connectivity index (χ0n) is 8.79. The number of nitriles is 1. The van der Waals surface area contributed by atoms with Gasteiger partial charge in [0.25, 0.3) is 0 Å². The van der Waals surface area contributed by atoms with Crippen LogP contribution in [0.1, 0.15) is 5.69 Å². The zero-order chi connectivity index (χ0) is 12.5. The molecule has 0 bridgehead atoms. The molecular formula is C11H10N4S2. The Hall–Kier alpha value is -1.84. The molecule has 2 N–H and O–H groups in total. The number of hydrogen-bond donors (Lipinski definition) is 3. The molecule has 0 saturated heterocycles. The summed E-state index contributed by atoms with van der Waals surface area (Å²) in [4.78, 5) is 0. The lowest BCUT2D eigenvalue weighted by Gasteiger charge is -2.00. The van der Waals surface area contributed by atoms with E-state index in [9.17, 15) is 0 Å². The maximum atomic E-state index is 8.09. The normalized spacial score (nSPS) is 8.47. The van der Waals surface area contributed by atoms with E-state index in [0.29, 0.717) is 10.0 Å². The molecule has 0 spiro atoms. The molecule has 2 aromatic rings. The summed E-state index contributed by atoms with van der Waals surface area (Å²) in [6.07, 6.45) is 1.61. The van der Waals surface area contributed by atoms with Crippen LogP contribution in [0.5, 0.6) is 0 Å². The number of nitrogens with one attached hydrogen (secondary N) is 2. The summed E-state index contributed by atoms with van der Waals surface area (Å²) in [6.45, 7) is 0. The first-order valence-corrected chi connectivity index (χ1v) is 5.53. The van der Waals surface area contributed by atoms with E-state index in [0.717, 1.165) is 5.69 Å². The highest BCUT2D eigenvalue weighted by atomic mass is 32.1. The van der Waals surface area contributed by atoms with Gasteiger partial charge in [-0.05, 0) is 18.2 Å². The van der Waals surface area contributed by atoms with Crippen molar-refractivity contribution >= 4 is 34.9 Å². The minimum Gasteiger partial charge on any atom is -0.341 e. The van der Waals surface area contributed by atoms with E-state index < -0.39 is 0 Å². The lowest BCUT2D eigenvalue weighted by Crippen LogP contribution is -1.99. The maximum absolute atomic E-state index is 8.09. The molecule has 17 heavy (non-hydrogen) atoms. The van der Waals surface area contributed by atoms with Crippen LogP contribution in [-0.2, 0) is 0 Å². The molecule has 0 atom stereocenters. The third kappa shape index (κ3) is 5.70. The fourth-order valence-corrected chi connectivity index (χ4v) is 1.21. The maximum Gasteiger partial charge on any atom is 0.162 e. The van der Waals surface area contributed by atoms with Crippen LogP contribution in [0.2, 0.25) is 0 Å². The molecule has 0 aliphatic carbocycles. The summed E-state index contributed by atoms with van der Waals surface area (Å²) in [5, 5.41) is 17.1. The number of anilines is 1. The van der Waals surface area contributed by atoms with E-state index in [1.807, 2.05) is 36.4 Å². The van der Waals surface area contributed by atoms with Crippen LogP contribution in [0.3, 0.4) is 0 Å². The Bertz CT molecular complexity index is 488. The number of hydrogen-bond acceptors (Lipinski definition) is 3. The monoisotopic (exact) mass is 262 g/mol. The average molecular weight is 262 g/mol. The van der Waals surface area contributed by atoms with Gasteiger partial charge in [-0.3, -0.25) is 5.10 Å². The fourth-order valence-electron chi connectivity index (χ4n) is 0.968. The average Bonchev–Trinajstić information content (AvgIpc) is 2.83. The van der Waals surface area contributed by atoms with Crippen molar-refractivity contribution in [1.29, 1.82) is 5.26 Å². The summed E-state index contributed by atoms with van der Waals surface area (Å²) >= 11 is 8.66. The van der Waals surface area contributed by atoms with Crippen molar-refractivity contribution < 1.29 is 0 Å². The molecule has 2 rings (SSSR count). The summed E-state index contributed by atoms with van der Waals surface area (Å²) in [6, 6.07) is 13.2. The van der Waals surface area contributed by atoms with Crippen LogP contribution in [0, 0.1) is 11.3 Å². The molecule has 1 heterocycles. The zero-order valence-corrected chi connectivity index (χ0v) is 10.5. The lowest BCUT2D eigenvalue weighted by molar-refractivity contribution is 1.07. The molecule has 0 amide bonds. The highest BCUT2D eigenvalue weighted by molar-refractivity contribution is 8.11. The Morgan fingerprint density at radius 2 is 2.06 bits per heavy atom. The summed E-state index contributed by atoms with van der Waals surface area (Å²) in [5.74, 6) is 0.